The summed E-state index contributed by atoms with van der Waals surface area (Å²) in [4.78, 5) is 14.1. The van der Waals surface area contributed by atoms with Crippen LogP contribution in [0.5, 0.6) is 0 Å². The minimum absolute atomic E-state index is 0.157. The van der Waals surface area contributed by atoms with Gasteiger partial charge in [-0.1, -0.05) is 6.42 Å². The number of hydrogen-bond donors (Lipinski definition) is 2. The highest BCUT2D eigenvalue weighted by Crippen LogP contribution is 2.15. The lowest BCUT2D eigenvalue weighted by atomic mass is 10.0. The Balaban J connectivity index is 1.62. The molecule has 1 aromatic heterocycles. The van der Waals surface area contributed by atoms with Crippen molar-refractivity contribution >= 4 is 5.91 Å². The maximum Gasteiger partial charge on any atom is 0.273 e. The lowest BCUT2D eigenvalue weighted by Gasteiger charge is -2.33. The molecule has 1 aromatic rings. The Labute approximate surface area is 107 Å². The molecule has 0 spiro atoms. The first-order valence-corrected chi connectivity index (χ1v) is 6.65. The maximum atomic E-state index is 11.6. The minimum Gasteiger partial charge on any atom is -0.351 e. The van der Waals surface area contributed by atoms with E-state index in [2.05, 4.69) is 32.6 Å². The quantitative estimate of drug-likeness (QED) is 0.759. The Hall–Kier alpha value is -1.43. The highest BCUT2D eigenvalue weighted by molar-refractivity contribution is 5.91. The SMILES string of the molecule is CC1CCCCN1CCCNC(=O)c1cn[nH]n1. The zero-order valence-corrected chi connectivity index (χ0v) is 10.9. The molecule has 1 saturated heterocycles. The van der Waals surface area contributed by atoms with Crippen molar-refractivity contribution in [1.82, 2.24) is 25.6 Å². The summed E-state index contributed by atoms with van der Waals surface area (Å²) >= 11 is 0. The van der Waals surface area contributed by atoms with Gasteiger partial charge in [-0.15, -0.1) is 0 Å². The number of amides is 1. The lowest BCUT2D eigenvalue weighted by Crippen LogP contribution is -2.39. The molecule has 1 amide bonds. The predicted octanol–water partition coefficient (Wildman–Crippen LogP) is 0.799. The normalized spacial score (nSPS) is 20.8. The molecule has 1 unspecified atom stereocenters. The summed E-state index contributed by atoms with van der Waals surface area (Å²) in [6, 6.07) is 0.685. The third-order valence-corrected chi connectivity index (χ3v) is 3.50. The summed E-state index contributed by atoms with van der Waals surface area (Å²) in [5, 5.41) is 12.6. The molecule has 2 heterocycles. The second-order valence-electron chi connectivity index (χ2n) is 4.85. The number of carbonyl (C=O) groups is 1. The van der Waals surface area contributed by atoms with E-state index in [1.54, 1.807) is 0 Å². The van der Waals surface area contributed by atoms with Crippen LogP contribution in [0.3, 0.4) is 0 Å². The molecule has 1 fully saturated rings. The van der Waals surface area contributed by atoms with Crippen molar-refractivity contribution in [3.05, 3.63) is 11.9 Å². The molecule has 0 bridgehead atoms. The molecule has 1 aliphatic rings. The van der Waals surface area contributed by atoms with E-state index in [9.17, 15) is 4.79 Å². The molecule has 0 radical (unpaired) electrons. The molecule has 2 rings (SSSR count). The van der Waals surface area contributed by atoms with E-state index in [1.807, 2.05) is 0 Å². The van der Waals surface area contributed by atoms with Crippen LogP contribution in [0.15, 0.2) is 6.20 Å². The molecular formula is C12H21N5O. The number of rotatable bonds is 5. The first-order valence-electron chi connectivity index (χ1n) is 6.65. The smallest absolute Gasteiger partial charge is 0.273 e. The summed E-state index contributed by atoms with van der Waals surface area (Å²) in [6.45, 7) is 5.22. The number of carbonyl (C=O) groups excluding carboxylic acids is 1. The molecule has 6 nitrogen and oxygen atoms in total. The van der Waals surface area contributed by atoms with Crippen molar-refractivity contribution in [2.75, 3.05) is 19.6 Å². The molecule has 6 heteroatoms. The summed E-state index contributed by atoms with van der Waals surface area (Å²) in [5.74, 6) is -0.157. The molecule has 0 aromatic carbocycles. The van der Waals surface area contributed by atoms with Gasteiger partial charge in [0.2, 0.25) is 0 Å². The second-order valence-corrected chi connectivity index (χ2v) is 4.85. The van der Waals surface area contributed by atoms with Crippen molar-refractivity contribution in [1.29, 1.82) is 0 Å². The number of piperidine rings is 1. The molecule has 2 N–H and O–H groups in total. The average molecular weight is 251 g/mol. The number of aromatic amines is 1. The van der Waals surface area contributed by atoms with Crippen LogP contribution >= 0.6 is 0 Å². The van der Waals surface area contributed by atoms with Crippen molar-refractivity contribution < 1.29 is 4.79 Å². The average Bonchev–Trinajstić information content (AvgIpc) is 2.90. The predicted molar refractivity (Wildman–Crippen MR) is 68.2 cm³/mol. The largest absolute Gasteiger partial charge is 0.351 e. The number of hydrogen-bond acceptors (Lipinski definition) is 4. The fourth-order valence-corrected chi connectivity index (χ4v) is 2.38. The molecule has 0 saturated carbocycles. The number of H-pyrrole nitrogens is 1. The van der Waals surface area contributed by atoms with Gasteiger partial charge >= 0.3 is 0 Å². The van der Waals surface area contributed by atoms with Gasteiger partial charge in [0.15, 0.2) is 5.69 Å². The van der Waals surface area contributed by atoms with E-state index in [0.29, 0.717) is 18.3 Å². The van der Waals surface area contributed by atoms with Gasteiger partial charge < -0.3 is 10.2 Å². The van der Waals surface area contributed by atoms with E-state index in [-0.39, 0.29) is 5.91 Å². The van der Waals surface area contributed by atoms with Crippen molar-refractivity contribution in [3.63, 3.8) is 0 Å². The molecule has 18 heavy (non-hydrogen) atoms. The summed E-state index contributed by atoms with van der Waals surface area (Å²) in [7, 11) is 0. The Bertz CT molecular complexity index is 365. The highest BCUT2D eigenvalue weighted by atomic mass is 16.1. The van der Waals surface area contributed by atoms with Crippen LogP contribution in [0.25, 0.3) is 0 Å². The summed E-state index contributed by atoms with van der Waals surface area (Å²) in [5.41, 5.74) is 0.348. The minimum atomic E-state index is -0.157. The van der Waals surface area contributed by atoms with Crippen molar-refractivity contribution in [2.45, 2.75) is 38.6 Å². The maximum absolute atomic E-state index is 11.6. The standard InChI is InChI=1S/C12H21N5O/c1-10-5-2-3-7-17(10)8-4-6-13-12(18)11-9-14-16-15-11/h9-10H,2-8H2,1H3,(H,13,18)(H,14,15,16). The Morgan fingerprint density at radius 2 is 2.50 bits per heavy atom. The molecule has 100 valence electrons. The van der Waals surface area contributed by atoms with Gasteiger partial charge in [-0.25, -0.2) is 0 Å². The van der Waals surface area contributed by atoms with Crippen LogP contribution in [0.4, 0.5) is 0 Å². The Morgan fingerprint density at radius 1 is 1.61 bits per heavy atom. The van der Waals surface area contributed by atoms with Crippen LogP contribution in [0.2, 0.25) is 0 Å². The van der Waals surface area contributed by atoms with Crippen LogP contribution in [0.1, 0.15) is 43.1 Å². The van der Waals surface area contributed by atoms with Crippen LogP contribution < -0.4 is 5.32 Å². The zero-order chi connectivity index (χ0) is 12.8. The third-order valence-electron chi connectivity index (χ3n) is 3.50. The Morgan fingerprint density at radius 3 is 3.22 bits per heavy atom. The zero-order valence-electron chi connectivity index (χ0n) is 10.9. The Kier molecular flexibility index (Phi) is 4.69. The van der Waals surface area contributed by atoms with Gasteiger partial charge in [-0.3, -0.25) is 4.79 Å². The summed E-state index contributed by atoms with van der Waals surface area (Å²) in [6.07, 6.45) is 6.36. The lowest BCUT2D eigenvalue weighted by molar-refractivity contribution is 0.0944. The molecule has 1 aliphatic heterocycles. The van der Waals surface area contributed by atoms with E-state index < -0.39 is 0 Å². The van der Waals surface area contributed by atoms with E-state index in [0.717, 1.165) is 13.0 Å². The van der Waals surface area contributed by atoms with Crippen LogP contribution in [0, 0.1) is 0 Å². The molecule has 1 atom stereocenters. The molecule has 0 aliphatic carbocycles. The van der Waals surface area contributed by atoms with Gasteiger partial charge in [0.05, 0.1) is 6.20 Å². The number of likely N-dealkylation sites (tertiary alicyclic amines) is 1. The van der Waals surface area contributed by atoms with E-state index in [1.165, 1.54) is 32.0 Å². The molecular weight excluding hydrogens is 230 g/mol. The van der Waals surface area contributed by atoms with Crippen molar-refractivity contribution in [2.24, 2.45) is 0 Å². The topological polar surface area (TPSA) is 73.9 Å². The van der Waals surface area contributed by atoms with E-state index in [4.69, 9.17) is 0 Å². The van der Waals surface area contributed by atoms with Gasteiger partial charge in [0.25, 0.3) is 5.91 Å². The highest BCUT2D eigenvalue weighted by Gasteiger charge is 2.17. The first kappa shape index (κ1) is 13.0. The number of nitrogens with zero attached hydrogens (tertiary/aromatic N) is 3. The van der Waals surface area contributed by atoms with Crippen LogP contribution in [-0.2, 0) is 0 Å². The van der Waals surface area contributed by atoms with Gasteiger partial charge in [-0.05, 0) is 32.7 Å². The van der Waals surface area contributed by atoms with Crippen molar-refractivity contribution in [3.8, 4) is 0 Å². The summed E-state index contributed by atoms with van der Waals surface area (Å²) < 4.78 is 0. The fraction of sp³-hybridized carbons (Fsp3) is 0.750. The number of nitrogens with one attached hydrogen (secondary N) is 2. The van der Waals surface area contributed by atoms with Gasteiger partial charge in [0.1, 0.15) is 0 Å². The number of aromatic nitrogens is 3. The van der Waals surface area contributed by atoms with E-state index >= 15 is 0 Å². The second kappa shape index (κ2) is 6.49. The van der Waals surface area contributed by atoms with Gasteiger partial charge in [0, 0.05) is 19.1 Å². The van der Waals surface area contributed by atoms with Gasteiger partial charge in [-0.2, -0.15) is 15.4 Å². The fourth-order valence-electron chi connectivity index (χ4n) is 2.38. The van der Waals surface area contributed by atoms with Crippen LogP contribution in [-0.4, -0.2) is 51.9 Å². The third kappa shape index (κ3) is 3.53. The monoisotopic (exact) mass is 251 g/mol. The first-order chi connectivity index (χ1) is 8.77.